The first-order valence-corrected chi connectivity index (χ1v) is 6.86. The molecule has 2 aromatic rings. The zero-order valence-corrected chi connectivity index (χ0v) is 11.5. The van der Waals surface area contributed by atoms with Crippen molar-refractivity contribution in [2.45, 2.75) is 12.8 Å². The fraction of sp³-hybridized carbons (Fsp3) is 0.188. The molecule has 5 nitrogen and oxygen atoms in total. The molecule has 2 heterocycles. The molecule has 0 unspecified atom stereocenters. The Balaban J connectivity index is 1.86. The molecule has 0 saturated carbocycles. The number of rotatable bonds is 3. The van der Waals surface area contributed by atoms with Crippen LogP contribution in [-0.4, -0.2) is 23.3 Å². The number of hydrogen-bond donors (Lipinski definition) is 1. The van der Waals surface area contributed by atoms with Crippen molar-refractivity contribution in [1.82, 2.24) is 4.98 Å². The molecule has 0 aliphatic carbocycles. The lowest BCUT2D eigenvalue weighted by Gasteiger charge is -2.19. The summed E-state index contributed by atoms with van der Waals surface area (Å²) >= 11 is 0. The number of para-hydroxylation sites is 2. The van der Waals surface area contributed by atoms with Crippen LogP contribution in [0.15, 0.2) is 48.8 Å². The van der Waals surface area contributed by atoms with Gasteiger partial charge in [-0.25, -0.2) is 0 Å². The molecule has 0 radical (unpaired) electrons. The topological polar surface area (TPSA) is 62.3 Å². The van der Waals surface area contributed by atoms with E-state index in [0.717, 1.165) is 12.1 Å². The third kappa shape index (κ3) is 2.76. The first kappa shape index (κ1) is 13.3. The Morgan fingerprint density at radius 3 is 2.76 bits per heavy atom. The van der Waals surface area contributed by atoms with Crippen molar-refractivity contribution in [3.05, 3.63) is 54.4 Å². The van der Waals surface area contributed by atoms with Crippen molar-refractivity contribution in [2.75, 3.05) is 16.8 Å². The van der Waals surface area contributed by atoms with E-state index in [2.05, 4.69) is 10.3 Å². The van der Waals surface area contributed by atoms with Gasteiger partial charge in [0.1, 0.15) is 0 Å². The maximum Gasteiger partial charge on any atom is 0.257 e. The molecule has 5 heteroatoms. The molecule has 1 N–H and O–H groups in total. The maximum absolute atomic E-state index is 12.2. The van der Waals surface area contributed by atoms with Crippen LogP contribution in [0, 0.1) is 0 Å². The van der Waals surface area contributed by atoms with Gasteiger partial charge >= 0.3 is 0 Å². The number of carbonyl (C=O) groups is 2. The van der Waals surface area contributed by atoms with E-state index in [1.165, 1.54) is 6.20 Å². The molecule has 1 aromatic carbocycles. The zero-order chi connectivity index (χ0) is 14.7. The SMILES string of the molecule is O=C(Nc1ccccc1N1CCCC1=O)c1cccnc1. The molecule has 2 amide bonds. The van der Waals surface area contributed by atoms with Crippen LogP contribution >= 0.6 is 0 Å². The summed E-state index contributed by atoms with van der Waals surface area (Å²) in [5, 5.41) is 2.85. The van der Waals surface area contributed by atoms with E-state index < -0.39 is 0 Å². The monoisotopic (exact) mass is 281 g/mol. The molecule has 0 spiro atoms. The molecular formula is C16H15N3O2. The summed E-state index contributed by atoms with van der Waals surface area (Å²) in [6.07, 6.45) is 4.54. The summed E-state index contributed by atoms with van der Waals surface area (Å²) in [6, 6.07) is 10.8. The van der Waals surface area contributed by atoms with Gasteiger partial charge < -0.3 is 10.2 Å². The quantitative estimate of drug-likeness (QED) is 0.940. The fourth-order valence-electron chi connectivity index (χ4n) is 2.41. The van der Waals surface area contributed by atoms with Crippen molar-refractivity contribution in [3.63, 3.8) is 0 Å². The molecule has 106 valence electrons. The molecule has 1 saturated heterocycles. The average Bonchev–Trinajstić information content (AvgIpc) is 2.95. The summed E-state index contributed by atoms with van der Waals surface area (Å²) in [6.45, 7) is 0.693. The minimum atomic E-state index is -0.234. The highest BCUT2D eigenvalue weighted by Gasteiger charge is 2.24. The number of hydrogen-bond acceptors (Lipinski definition) is 3. The first-order chi connectivity index (χ1) is 10.3. The standard InChI is InChI=1S/C16H15N3O2/c20-15-8-4-10-19(15)14-7-2-1-6-13(14)18-16(21)12-5-3-9-17-11-12/h1-3,5-7,9,11H,4,8,10H2,(H,18,21). The molecule has 21 heavy (non-hydrogen) atoms. The van der Waals surface area contributed by atoms with E-state index in [0.29, 0.717) is 24.2 Å². The van der Waals surface area contributed by atoms with Gasteiger partial charge in [-0.05, 0) is 30.7 Å². The molecule has 1 aliphatic rings. The first-order valence-electron chi connectivity index (χ1n) is 6.86. The van der Waals surface area contributed by atoms with Crippen LogP contribution in [0.25, 0.3) is 0 Å². The van der Waals surface area contributed by atoms with E-state index >= 15 is 0 Å². The second-order valence-corrected chi connectivity index (χ2v) is 4.86. The summed E-state index contributed by atoms with van der Waals surface area (Å²) in [5.74, 6) is -0.139. The van der Waals surface area contributed by atoms with Gasteiger partial charge in [0.15, 0.2) is 0 Å². The molecule has 0 atom stereocenters. The Kier molecular flexibility index (Phi) is 3.64. The lowest BCUT2D eigenvalue weighted by atomic mass is 10.2. The second kappa shape index (κ2) is 5.75. The van der Waals surface area contributed by atoms with Crippen LogP contribution in [0.2, 0.25) is 0 Å². The molecule has 0 bridgehead atoms. The Morgan fingerprint density at radius 2 is 2.05 bits per heavy atom. The summed E-state index contributed by atoms with van der Waals surface area (Å²) < 4.78 is 0. The van der Waals surface area contributed by atoms with Crippen LogP contribution in [0.4, 0.5) is 11.4 Å². The Hall–Kier alpha value is -2.69. The fourth-order valence-corrected chi connectivity index (χ4v) is 2.41. The largest absolute Gasteiger partial charge is 0.320 e. The number of anilines is 2. The van der Waals surface area contributed by atoms with E-state index in [4.69, 9.17) is 0 Å². The van der Waals surface area contributed by atoms with Crippen molar-refractivity contribution < 1.29 is 9.59 Å². The van der Waals surface area contributed by atoms with Gasteiger partial charge in [-0.2, -0.15) is 0 Å². The smallest absolute Gasteiger partial charge is 0.257 e. The van der Waals surface area contributed by atoms with Gasteiger partial charge in [0, 0.05) is 25.4 Å². The second-order valence-electron chi connectivity index (χ2n) is 4.86. The van der Waals surface area contributed by atoms with Crippen LogP contribution in [-0.2, 0) is 4.79 Å². The van der Waals surface area contributed by atoms with E-state index in [1.54, 1.807) is 29.3 Å². The van der Waals surface area contributed by atoms with Crippen molar-refractivity contribution in [1.29, 1.82) is 0 Å². The van der Waals surface area contributed by atoms with Gasteiger partial charge in [-0.1, -0.05) is 12.1 Å². The summed E-state index contributed by atoms with van der Waals surface area (Å²) in [5.41, 5.74) is 1.87. The molecule has 1 fully saturated rings. The van der Waals surface area contributed by atoms with Crippen LogP contribution in [0.5, 0.6) is 0 Å². The van der Waals surface area contributed by atoms with Gasteiger partial charge in [0.05, 0.1) is 16.9 Å². The van der Waals surface area contributed by atoms with Gasteiger partial charge in [-0.3, -0.25) is 14.6 Å². The zero-order valence-electron chi connectivity index (χ0n) is 11.5. The predicted octanol–water partition coefficient (Wildman–Crippen LogP) is 2.46. The van der Waals surface area contributed by atoms with Crippen LogP contribution < -0.4 is 10.2 Å². The van der Waals surface area contributed by atoms with Crippen molar-refractivity contribution >= 4 is 23.2 Å². The summed E-state index contributed by atoms with van der Waals surface area (Å²) in [7, 11) is 0. The number of aromatic nitrogens is 1. The molecule has 1 aromatic heterocycles. The minimum absolute atomic E-state index is 0.0954. The average molecular weight is 281 g/mol. The van der Waals surface area contributed by atoms with Gasteiger partial charge in [0.25, 0.3) is 5.91 Å². The Morgan fingerprint density at radius 1 is 1.19 bits per heavy atom. The predicted molar refractivity (Wildman–Crippen MR) is 80.2 cm³/mol. The normalized spacial score (nSPS) is 14.3. The van der Waals surface area contributed by atoms with Crippen LogP contribution in [0.1, 0.15) is 23.2 Å². The highest BCUT2D eigenvalue weighted by molar-refractivity contribution is 6.07. The Bertz CT molecular complexity index is 670. The van der Waals surface area contributed by atoms with E-state index in [1.807, 2.05) is 18.2 Å². The van der Waals surface area contributed by atoms with Crippen molar-refractivity contribution in [2.24, 2.45) is 0 Å². The third-order valence-corrected chi connectivity index (χ3v) is 3.44. The van der Waals surface area contributed by atoms with Gasteiger partial charge in [0.2, 0.25) is 5.91 Å². The van der Waals surface area contributed by atoms with Crippen LogP contribution in [0.3, 0.4) is 0 Å². The Labute approximate surface area is 122 Å². The van der Waals surface area contributed by atoms with E-state index in [-0.39, 0.29) is 11.8 Å². The molecular weight excluding hydrogens is 266 g/mol. The number of carbonyl (C=O) groups excluding carboxylic acids is 2. The maximum atomic E-state index is 12.2. The number of pyridine rings is 1. The lowest BCUT2D eigenvalue weighted by molar-refractivity contribution is -0.117. The summed E-state index contributed by atoms with van der Waals surface area (Å²) in [4.78, 5) is 29.7. The lowest BCUT2D eigenvalue weighted by Crippen LogP contribution is -2.25. The van der Waals surface area contributed by atoms with E-state index in [9.17, 15) is 9.59 Å². The minimum Gasteiger partial charge on any atom is -0.320 e. The molecule has 1 aliphatic heterocycles. The number of benzene rings is 1. The molecule has 3 rings (SSSR count). The number of amides is 2. The highest BCUT2D eigenvalue weighted by atomic mass is 16.2. The van der Waals surface area contributed by atoms with Gasteiger partial charge in [-0.15, -0.1) is 0 Å². The number of nitrogens with zero attached hydrogens (tertiary/aromatic N) is 2. The number of nitrogens with one attached hydrogen (secondary N) is 1. The highest BCUT2D eigenvalue weighted by Crippen LogP contribution is 2.29. The third-order valence-electron chi connectivity index (χ3n) is 3.44. The van der Waals surface area contributed by atoms with Crippen molar-refractivity contribution in [3.8, 4) is 0 Å².